The largest absolute Gasteiger partial charge is 0.465 e. The van der Waals surface area contributed by atoms with Crippen molar-refractivity contribution >= 4 is 35.3 Å². The summed E-state index contributed by atoms with van der Waals surface area (Å²) >= 11 is 7.27. The molecule has 0 spiro atoms. The minimum Gasteiger partial charge on any atom is -0.465 e. The van der Waals surface area contributed by atoms with Gasteiger partial charge in [0.05, 0.1) is 24.8 Å². The molecule has 0 radical (unpaired) electrons. The van der Waals surface area contributed by atoms with Crippen LogP contribution in [0.5, 0.6) is 0 Å². The smallest absolute Gasteiger partial charge is 0.339 e. The van der Waals surface area contributed by atoms with Crippen molar-refractivity contribution in [3.63, 3.8) is 0 Å². The molecule has 6 heteroatoms. The Kier molecular flexibility index (Phi) is 6.07. The third-order valence-electron chi connectivity index (χ3n) is 2.94. The molecule has 2 aromatic rings. The van der Waals surface area contributed by atoms with E-state index in [0.29, 0.717) is 21.0 Å². The van der Waals surface area contributed by atoms with E-state index in [0.717, 1.165) is 4.90 Å². The summed E-state index contributed by atoms with van der Waals surface area (Å²) in [6, 6.07) is 12.1. The molecule has 23 heavy (non-hydrogen) atoms. The van der Waals surface area contributed by atoms with E-state index in [2.05, 4.69) is 4.74 Å². The molecule has 0 bridgehead atoms. The maximum atomic E-state index is 12.2. The van der Waals surface area contributed by atoms with Crippen molar-refractivity contribution in [1.29, 1.82) is 0 Å². The van der Waals surface area contributed by atoms with Crippen molar-refractivity contribution in [2.24, 2.45) is 0 Å². The fraction of sp³-hybridized carbons (Fsp3) is 0.176. The van der Waals surface area contributed by atoms with Gasteiger partial charge in [0.1, 0.15) is 0 Å². The van der Waals surface area contributed by atoms with Crippen molar-refractivity contribution in [3.8, 4) is 0 Å². The van der Waals surface area contributed by atoms with Crippen molar-refractivity contribution in [2.75, 3.05) is 13.7 Å². The third kappa shape index (κ3) is 4.50. The van der Waals surface area contributed by atoms with Crippen LogP contribution in [0.25, 0.3) is 0 Å². The molecule has 2 rings (SSSR count). The number of esters is 2. The van der Waals surface area contributed by atoms with Crippen LogP contribution in [0.3, 0.4) is 0 Å². The highest BCUT2D eigenvalue weighted by molar-refractivity contribution is 7.99. The van der Waals surface area contributed by atoms with E-state index in [-0.39, 0.29) is 6.61 Å². The second-order valence-corrected chi connectivity index (χ2v) is 6.03. The highest BCUT2D eigenvalue weighted by Crippen LogP contribution is 2.32. The van der Waals surface area contributed by atoms with Crippen LogP contribution in [0.4, 0.5) is 0 Å². The van der Waals surface area contributed by atoms with E-state index in [1.54, 1.807) is 31.2 Å². The molecule has 0 fully saturated rings. The Balaban J connectivity index is 2.38. The van der Waals surface area contributed by atoms with E-state index >= 15 is 0 Å². The number of benzene rings is 2. The molecule has 0 saturated heterocycles. The Labute approximate surface area is 143 Å². The molecule has 0 aromatic heterocycles. The second kappa shape index (κ2) is 8.04. The molecule has 0 aliphatic carbocycles. The number of halogens is 1. The standard InChI is InChI=1S/C17H15ClO4S/c1-3-22-17(20)14-10-11(16(19)21-2)4-9-15(14)23-13-7-5-12(18)6-8-13/h4-10H,3H2,1-2H3. The van der Waals surface area contributed by atoms with Gasteiger partial charge in [0.2, 0.25) is 0 Å². The fourth-order valence-corrected chi connectivity index (χ4v) is 2.90. The Hall–Kier alpha value is -1.98. The topological polar surface area (TPSA) is 52.6 Å². The maximum Gasteiger partial charge on any atom is 0.339 e. The Morgan fingerprint density at radius 3 is 2.39 bits per heavy atom. The quantitative estimate of drug-likeness (QED) is 0.745. The lowest BCUT2D eigenvalue weighted by atomic mass is 10.1. The van der Waals surface area contributed by atoms with E-state index < -0.39 is 11.9 Å². The predicted octanol–water partition coefficient (Wildman–Crippen LogP) is 4.45. The zero-order valence-corrected chi connectivity index (χ0v) is 14.2. The predicted molar refractivity (Wildman–Crippen MR) is 89.3 cm³/mol. The van der Waals surface area contributed by atoms with Gasteiger partial charge in [-0.05, 0) is 49.4 Å². The summed E-state index contributed by atoms with van der Waals surface area (Å²) in [7, 11) is 1.29. The van der Waals surface area contributed by atoms with E-state index in [1.807, 2.05) is 12.1 Å². The molecule has 0 heterocycles. The van der Waals surface area contributed by atoms with Gasteiger partial charge in [-0.2, -0.15) is 0 Å². The summed E-state index contributed by atoms with van der Waals surface area (Å²) in [5.41, 5.74) is 0.630. The summed E-state index contributed by atoms with van der Waals surface area (Å²) in [4.78, 5) is 25.4. The highest BCUT2D eigenvalue weighted by Gasteiger charge is 2.17. The molecule has 0 saturated carbocycles. The van der Waals surface area contributed by atoms with Crippen LogP contribution in [0, 0.1) is 0 Å². The highest BCUT2D eigenvalue weighted by atomic mass is 35.5. The molecule has 0 N–H and O–H groups in total. The van der Waals surface area contributed by atoms with Gasteiger partial charge in [0.25, 0.3) is 0 Å². The molecule has 0 aliphatic rings. The summed E-state index contributed by atoms with van der Waals surface area (Å²) in [5, 5.41) is 0.640. The van der Waals surface area contributed by atoms with Crippen molar-refractivity contribution < 1.29 is 19.1 Å². The third-order valence-corrected chi connectivity index (χ3v) is 4.27. The number of rotatable bonds is 5. The Morgan fingerprint density at radius 1 is 1.09 bits per heavy atom. The van der Waals surface area contributed by atoms with Gasteiger partial charge in [-0.3, -0.25) is 0 Å². The molecule has 4 nitrogen and oxygen atoms in total. The number of carbonyl (C=O) groups is 2. The molecule has 120 valence electrons. The normalized spacial score (nSPS) is 10.2. The molecular weight excluding hydrogens is 336 g/mol. The fourth-order valence-electron chi connectivity index (χ4n) is 1.86. The molecule has 0 amide bonds. The van der Waals surface area contributed by atoms with Gasteiger partial charge in [-0.25, -0.2) is 9.59 Å². The van der Waals surface area contributed by atoms with Crippen molar-refractivity contribution in [3.05, 3.63) is 58.6 Å². The van der Waals surface area contributed by atoms with Crippen molar-refractivity contribution in [1.82, 2.24) is 0 Å². The van der Waals surface area contributed by atoms with Crippen LogP contribution in [0.15, 0.2) is 52.3 Å². The Morgan fingerprint density at radius 2 is 1.78 bits per heavy atom. The first-order valence-corrected chi connectivity index (χ1v) is 8.07. The van der Waals surface area contributed by atoms with Gasteiger partial charge >= 0.3 is 11.9 Å². The van der Waals surface area contributed by atoms with Gasteiger partial charge in [-0.15, -0.1) is 0 Å². The molecule has 2 aromatic carbocycles. The summed E-state index contributed by atoms with van der Waals surface area (Å²) in [6.07, 6.45) is 0. The van der Waals surface area contributed by atoms with Gasteiger partial charge in [0.15, 0.2) is 0 Å². The zero-order chi connectivity index (χ0) is 16.8. The molecular formula is C17H15ClO4S. The van der Waals surface area contributed by atoms with Crippen molar-refractivity contribution in [2.45, 2.75) is 16.7 Å². The average Bonchev–Trinajstić information content (AvgIpc) is 2.56. The van der Waals surface area contributed by atoms with Gasteiger partial charge in [0, 0.05) is 14.8 Å². The monoisotopic (exact) mass is 350 g/mol. The number of hydrogen-bond donors (Lipinski definition) is 0. The van der Waals surface area contributed by atoms with Crippen LogP contribution in [0.2, 0.25) is 5.02 Å². The zero-order valence-electron chi connectivity index (χ0n) is 12.7. The first-order valence-electron chi connectivity index (χ1n) is 6.88. The lowest BCUT2D eigenvalue weighted by molar-refractivity contribution is 0.0522. The van der Waals surface area contributed by atoms with Gasteiger partial charge in [-0.1, -0.05) is 23.4 Å². The maximum absolute atomic E-state index is 12.2. The average molecular weight is 351 g/mol. The number of hydrogen-bond acceptors (Lipinski definition) is 5. The first-order chi connectivity index (χ1) is 11.0. The van der Waals surface area contributed by atoms with E-state index in [9.17, 15) is 9.59 Å². The molecule has 0 aliphatic heterocycles. The van der Waals surface area contributed by atoms with Crippen LogP contribution >= 0.6 is 23.4 Å². The number of methoxy groups -OCH3 is 1. The second-order valence-electron chi connectivity index (χ2n) is 4.48. The first kappa shape index (κ1) is 17.4. The minimum atomic E-state index is -0.501. The van der Waals surface area contributed by atoms with Gasteiger partial charge < -0.3 is 9.47 Å². The van der Waals surface area contributed by atoms with Crippen LogP contribution < -0.4 is 0 Å². The van der Waals surface area contributed by atoms with E-state index in [1.165, 1.54) is 24.9 Å². The Bertz CT molecular complexity index is 713. The van der Waals surface area contributed by atoms with Crippen LogP contribution in [0.1, 0.15) is 27.6 Å². The number of carbonyl (C=O) groups excluding carboxylic acids is 2. The number of ether oxygens (including phenoxy) is 2. The molecule has 0 atom stereocenters. The summed E-state index contributed by atoms with van der Waals surface area (Å²) in [6.45, 7) is 1.99. The minimum absolute atomic E-state index is 0.256. The van der Waals surface area contributed by atoms with Crippen LogP contribution in [-0.4, -0.2) is 25.7 Å². The lowest BCUT2D eigenvalue weighted by Crippen LogP contribution is -2.09. The lowest BCUT2D eigenvalue weighted by Gasteiger charge is -2.10. The SMILES string of the molecule is CCOC(=O)c1cc(C(=O)OC)ccc1Sc1ccc(Cl)cc1. The van der Waals surface area contributed by atoms with E-state index in [4.69, 9.17) is 16.3 Å². The van der Waals surface area contributed by atoms with Crippen LogP contribution in [-0.2, 0) is 9.47 Å². The summed E-state index contributed by atoms with van der Waals surface area (Å²) < 4.78 is 9.76. The summed E-state index contributed by atoms with van der Waals surface area (Å²) in [5.74, 6) is -0.978. The molecule has 0 unspecified atom stereocenters.